The van der Waals surface area contributed by atoms with Crippen molar-refractivity contribution in [2.75, 3.05) is 31.2 Å². The second-order valence-electron chi connectivity index (χ2n) is 5.34. The molecule has 0 radical (unpaired) electrons. The number of nitrogens with zero attached hydrogens (tertiary/aromatic N) is 2. The van der Waals surface area contributed by atoms with Crippen LogP contribution < -0.4 is 21.5 Å². The van der Waals surface area contributed by atoms with Crippen molar-refractivity contribution >= 4 is 17.5 Å². The number of hydrogen-bond donors (Lipinski definition) is 4. The number of nitrogens with one attached hydrogen (secondary N) is 2. The monoisotopic (exact) mass is 328 g/mol. The van der Waals surface area contributed by atoms with Gasteiger partial charge in [-0.1, -0.05) is 18.6 Å². The van der Waals surface area contributed by atoms with Crippen molar-refractivity contribution in [2.24, 2.45) is 5.73 Å². The van der Waals surface area contributed by atoms with Crippen molar-refractivity contribution in [1.82, 2.24) is 9.97 Å². The number of benzene rings is 1. The molecule has 0 bridgehead atoms. The maximum absolute atomic E-state index is 8.37. The van der Waals surface area contributed by atoms with Gasteiger partial charge in [-0.2, -0.15) is 4.98 Å². The molecule has 24 heavy (non-hydrogen) atoms. The zero-order chi connectivity index (χ0) is 17.4. The zero-order valence-electron chi connectivity index (χ0n) is 13.9. The van der Waals surface area contributed by atoms with E-state index in [2.05, 4.69) is 15.3 Å². The predicted octanol–water partition coefficient (Wildman–Crippen LogP) is 2.02. The Balaban J connectivity index is 2.07. The third kappa shape index (κ3) is 4.42. The maximum atomic E-state index is 8.37. The fourth-order valence-corrected chi connectivity index (χ4v) is 2.32. The highest BCUT2D eigenvalue weighted by molar-refractivity contribution is 6.14. The zero-order valence-corrected chi connectivity index (χ0v) is 13.9. The molecule has 1 aromatic carbocycles. The second-order valence-corrected chi connectivity index (χ2v) is 5.34. The Kier molecular flexibility index (Phi) is 6.51. The van der Waals surface area contributed by atoms with E-state index in [1.807, 2.05) is 18.2 Å². The summed E-state index contributed by atoms with van der Waals surface area (Å²) in [6.07, 6.45) is 4.65. The van der Waals surface area contributed by atoms with Gasteiger partial charge in [0.15, 0.2) is 0 Å². The van der Waals surface area contributed by atoms with Crippen LogP contribution in [0.1, 0.15) is 30.4 Å². The summed E-state index contributed by atoms with van der Waals surface area (Å²) in [7, 11) is 1.57. The maximum Gasteiger partial charge on any atom is 0.224 e. The highest BCUT2D eigenvalue weighted by Crippen LogP contribution is 2.23. The number of para-hydroxylation sites is 1. The molecule has 128 valence electrons. The number of methoxy groups -OCH3 is 1. The molecule has 0 saturated heterocycles. The smallest absolute Gasteiger partial charge is 0.224 e. The van der Waals surface area contributed by atoms with E-state index < -0.39 is 0 Å². The Bertz CT molecular complexity index is 689. The van der Waals surface area contributed by atoms with Crippen LogP contribution in [0.25, 0.3) is 0 Å². The average Bonchev–Trinajstić information content (AvgIpc) is 2.61. The van der Waals surface area contributed by atoms with Crippen LogP contribution in [0.5, 0.6) is 5.75 Å². The van der Waals surface area contributed by atoms with Crippen LogP contribution in [0.3, 0.4) is 0 Å². The normalized spacial score (nSPS) is 10.4. The molecule has 0 unspecified atom stereocenters. The summed E-state index contributed by atoms with van der Waals surface area (Å²) >= 11 is 0. The van der Waals surface area contributed by atoms with E-state index in [1.54, 1.807) is 19.4 Å². The Morgan fingerprint density at radius 3 is 2.71 bits per heavy atom. The highest BCUT2D eigenvalue weighted by atomic mass is 16.5. The van der Waals surface area contributed by atoms with Gasteiger partial charge in [0, 0.05) is 18.3 Å². The molecule has 0 fully saturated rings. The summed E-state index contributed by atoms with van der Waals surface area (Å²) in [5.41, 5.74) is 12.8. The van der Waals surface area contributed by atoms with Crippen LogP contribution in [0.4, 0.5) is 11.8 Å². The second kappa shape index (κ2) is 8.83. The fourth-order valence-electron chi connectivity index (χ4n) is 2.32. The van der Waals surface area contributed by atoms with E-state index in [9.17, 15) is 0 Å². The minimum Gasteiger partial charge on any atom is -0.496 e. The number of rotatable bonds is 9. The number of ether oxygens (including phenoxy) is 1. The Morgan fingerprint density at radius 2 is 2.00 bits per heavy atom. The number of unbranched alkanes of at least 4 members (excludes halogenated alkanes) is 2. The number of nitrogen functional groups attached to an aromatic ring is 1. The summed E-state index contributed by atoms with van der Waals surface area (Å²) < 4.78 is 5.29. The fraction of sp³-hybridized carbons (Fsp3) is 0.353. The standard InChI is InChI=1S/C17H24N6O/c1-24-14-8-4-3-7-12(14)15(19)13-11-22-17(23-16(13)20)21-10-6-2-5-9-18/h3-4,7-8,11,19H,2,5-6,9-10,18H2,1H3,(H3,20,21,22,23). The first-order chi connectivity index (χ1) is 11.7. The molecule has 0 aliphatic carbocycles. The van der Waals surface area contributed by atoms with E-state index in [0.29, 0.717) is 29.4 Å². The molecule has 0 spiro atoms. The molecule has 1 heterocycles. The van der Waals surface area contributed by atoms with Gasteiger partial charge in [0.2, 0.25) is 5.95 Å². The predicted molar refractivity (Wildman–Crippen MR) is 96.8 cm³/mol. The van der Waals surface area contributed by atoms with Gasteiger partial charge in [0.1, 0.15) is 11.6 Å². The van der Waals surface area contributed by atoms with Crippen molar-refractivity contribution in [3.63, 3.8) is 0 Å². The van der Waals surface area contributed by atoms with E-state index >= 15 is 0 Å². The van der Waals surface area contributed by atoms with Gasteiger partial charge < -0.3 is 21.5 Å². The molecule has 0 aliphatic rings. The van der Waals surface area contributed by atoms with Gasteiger partial charge in [-0.05, 0) is 31.5 Å². The lowest BCUT2D eigenvalue weighted by Crippen LogP contribution is -2.12. The van der Waals surface area contributed by atoms with Gasteiger partial charge in [-0.3, -0.25) is 5.41 Å². The van der Waals surface area contributed by atoms with Crippen LogP contribution in [0.2, 0.25) is 0 Å². The first kappa shape index (κ1) is 17.7. The SMILES string of the molecule is COc1ccccc1C(=N)c1cnc(NCCCCCN)nc1N. The van der Waals surface area contributed by atoms with Crippen molar-refractivity contribution in [1.29, 1.82) is 5.41 Å². The molecule has 7 heteroatoms. The van der Waals surface area contributed by atoms with Crippen LogP contribution in [-0.4, -0.2) is 35.9 Å². The van der Waals surface area contributed by atoms with E-state index in [0.717, 1.165) is 25.8 Å². The summed E-state index contributed by atoms with van der Waals surface area (Å²) in [4.78, 5) is 8.49. The van der Waals surface area contributed by atoms with Gasteiger partial charge in [-0.25, -0.2) is 4.98 Å². The molecule has 0 amide bonds. The van der Waals surface area contributed by atoms with Gasteiger partial charge in [-0.15, -0.1) is 0 Å². The number of anilines is 2. The number of aromatic nitrogens is 2. The first-order valence-electron chi connectivity index (χ1n) is 7.96. The summed E-state index contributed by atoms with van der Waals surface area (Å²) in [5, 5.41) is 11.5. The molecule has 2 rings (SSSR count). The molecular formula is C17H24N6O. The average molecular weight is 328 g/mol. The lowest BCUT2D eigenvalue weighted by Gasteiger charge is -2.12. The van der Waals surface area contributed by atoms with Gasteiger partial charge >= 0.3 is 0 Å². The van der Waals surface area contributed by atoms with Crippen molar-refractivity contribution in [2.45, 2.75) is 19.3 Å². The Hall–Kier alpha value is -2.67. The van der Waals surface area contributed by atoms with Crippen molar-refractivity contribution in [3.05, 3.63) is 41.6 Å². The van der Waals surface area contributed by atoms with E-state index in [4.69, 9.17) is 21.6 Å². The minimum absolute atomic E-state index is 0.236. The van der Waals surface area contributed by atoms with Crippen molar-refractivity contribution < 1.29 is 4.74 Å². The molecule has 7 nitrogen and oxygen atoms in total. The third-order valence-corrected chi connectivity index (χ3v) is 3.63. The highest BCUT2D eigenvalue weighted by Gasteiger charge is 2.14. The van der Waals surface area contributed by atoms with E-state index in [1.165, 1.54) is 0 Å². The molecular weight excluding hydrogens is 304 g/mol. The first-order valence-corrected chi connectivity index (χ1v) is 7.96. The number of hydrogen-bond acceptors (Lipinski definition) is 7. The van der Waals surface area contributed by atoms with Crippen LogP contribution in [-0.2, 0) is 0 Å². The van der Waals surface area contributed by atoms with Crippen LogP contribution >= 0.6 is 0 Å². The summed E-state index contributed by atoms with van der Waals surface area (Å²) in [6.45, 7) is 1.48. The molecule has 0 aliphatic heterocycles. The molecule has 0 atom stereocenters. The third-order valence-electron chi connectivity index (χ3n) is 3.63. The molecule has 6 N–H and O–H groups in total. The summed E-state index contributed by atoms with van der Waals surface area (Å²) in [6, 6.07) is 7.32. The topological polar surface area (TPSA) is 123 Å². The molecule has 1 aromatic heterocycles. The minimum atomic E-state index is 0.236. The summed E-state index contributed by atoms with van der Waals surface area (Å²) in [5.74, 6) is 1.35. The van der Waals surface area contributed by atoms with Gasteiger partial charge in [0.25, 0.3) is 0 Å². The van der Waals surface area contributed by atoms with Crippen molar-refractivity contribution in [3.8, 4) is 5.75 Å². The molecule has 2 aromatic rings. The largest absolute Gasteiger partial charge is 0.496 e. The Morgan fingerprint density at radius 1 is 1.21 bits per heavy atom. The lowest BCUT2D eigenvalue weighted by molar-refractivity contribution is 0.414. The van der Waals surface area contributed by atoms with Crippen LogP contribution in [0.15, 0.2) is 30.5 Å². The molecule has 0 saturated carbocycles. The number of nitrogens with two attached hydrogens (primary N) is 2. The van der Waals surface area contributed by atoms with Gasteiger partial charge in [0.05, 0.1) is 18.4 Å². The quantitative estimate of drug-likeness (QED) is 0.412. The van der Waals surface area contributed by atoms with Crippen LogP contribution in [0, 0.1) is 5.41 Å². The van der Waals surface area contributed by atoms with E-state index in [-0.39, 0.29) is 11.5 Å². The lowest BCUT2D eigenvalue weighted by atomic mass is 10.0. The Labute approximate surface area is 142 Å².